The molecule has 1 heterocycles. The van der Waals surface area contributed by atoms with Gasteiger partial charge >= 0.3 is 0 Å². The molecular formula is C31H39ClN4O4. The Hall–Kier alpha value is -3.65. The molecule has 40 heavy (non-hydrogen) atoms. The normalized spacial score (nSPS) is 12.9. The lowest BCUT2D eigenvalue weighted by atomic mass is 9.96. The summed E-state index contributed by atoms with van der Waals surface area (Å²) < 4.78 is 4.99. The third kappa shape index (κ3) is 7.94. The molecule has 9 heteroatoms. The van der Waals surface area contributed by atoms with Crippen molar-refractivity contribution in [1.82, 2.24) is 10.5 Å². The maximum Gasteiger partial charge on any atom is 0.248 e. The van der Waals surface area contributed by atoms with Crippen molar-refractivity contribution in [1.29, 1.82) is 0 Å². The van der Waals surface area contributed by atoms with Crippen molar-refractivity contribution in [3.63, 3.8) is 0 Å². The van der Waals surface area contributed by atoms with Crippen molar-refractivity contribution >= 4 is 40.8 Å². The molecule has 3 rings (SSSR count). The summed E-state index contributed by atoms with van der Waals surface area (Å²) in [6.07, 6.45) is 1.41. The summed E-state index contributed by atoms with van der Waals surface area (Å²) in [5.74, 6) is 0.0400. The van der Waals surface area contributed by atoms with E-state index in [4.69, 9.17) is 16.1 Å². The lowest BCUT2D eigenvalue weighted by Crippen LogP contribution is -2.50. The molecule has 0 saturated carbocycles. The summed E-state index contributed by atoms with van der Waals surface area (Å²) in [6, 6.07) is 15.2. The van der Waals surface area contributed by atoms with Gasteiger partial charge in [-0.2, -0.15) is 0 Å². The second kappa shape index (κ2) is 13.6. The fourth-order valence-corrected chi connectivity index (χ4v) is 4.43. The van der Waals surface area contributed by atoms with Gasteiger partial charge in [-0.15, -0.1) is 0 Å². The van der Waals surface area contributed by atoms with E-state index in [1.54, 1.807) is 37.3 Å². The van der Waals surface area contributed by atoms with Crippen LogP contribution in [0.3, 0.4) is 0 Å². The van der Waals surface area contributed by atoms with Crippen LogP contribution in [0.4, 0.5) is 11.5 Å². The van der Waals surface area contributed by atoms with Gasteiger partial charge in [-0.25, -0.2) is 0 Å². The zero-order chi connectivity index (χ0) is 29.4. The van der Waals surface area contributed by atoms with E-state index in [9.17, 15) is 14.4 Å². The first-order chi connectivity index (χ1) is 19.0. The lowest BCUT2D eigenvalue weighted by molar-refractivity contribution is -0.128. The highest BCUT2D eigenvalue weighted by Gasteiger charge is 2.36. The Balaban J connectivity index is 2.01. The first-order valence-corrected chi connectivity index (χ1v) is 14.0. The van der Waals surface area contributed by atoms with Crippen LogP contribution < -0.4 is 15.5 Å². The molecule has 0 aliphatic carbocycles. The molecule has 2 atom stereocenters. The maximum atomic E-state index is 13.9. The Morgan fingerprint density at radius 3 is 2.30 bits per heavy atom. The van der Waals surface area contributed by atoms with Crippen molar-refractivity contribution in [3.05, 3.63) is 76.5 Å². The average Bonchev–Trinajstić information content (AvgIpc) is 3.34. The van der Waals surface area contributed by atoms with Gasteiger partial charge in [0.15, 0.2) is 5.82 Å². The number of rotatable bonds is 12. The Morgan fingerprint density at radius 2 is 1.73 bits per heavy atom. The highest BCUT2D eigenvalue weighted by atomic mass is 35.5. The molecule has 2 N–H and O–H groups in total. The number of amides is 3. The molecule has 214 valence electrons. The molecule has 3 aromatic rings. The molecule has 0 unspecified atom stereocenters. The van der Waals surface area contributed by atoms with Crippen molar-refractivity contribution < 1.29 is 18.9 Å². The molecule has 0 bridgehead atoms. The minimum Gasteiger partial charge on any atom is -0.360 e. The standard InChI is InChI=1S/C31H39ClN4O4/c1-7-20(3)22-13-15-23(16-14-22)36(28(38)18-17-27(37)33-26-19-21(4)40-35-26)29(24-11-9-10-12-25(24)32)30(39)34-31(5,6)8-2/h9-16,19-20,29H,7-8,17-18H2,1-6H3,(H,34,39)(H,33,35,37)/t20-,29-/m1/s1. The number of anilines is 2. The molecular weight excluding hydrogens is 528 g/mol. The molecule has 0 saturated heterocycles. The molecule has 3 amide bonds. The van der Waals surface area contributed by atoms with Crippen LogP contribution in [-0.4, -0.2) is 28.4 Å². The summed E-state index contributed by atoms with van der Waals surface area (Å²) in [7, 11) is 0. The Kier molecular flexibility index (Phi) is 10.5. The van der Waals surface area contributed by atoms with E-state index in [0.717, 1.165) is 12.0 Å². The first kappa shape index (κ1) is 30.9. The number of carbonyl (C=O) groups is 3. The minimum absolute atomic E-state index is 0.108. The van der Waals surface area contributed by atoms with Crippen LogP contribution in [0.25, 0.3) is 0 Å². The van der Waals surface area contributed by atoms with Crippen LogP contribution in [-0.2, 0) is 14.4 Å². The Morgan fingerprint density at radius 1 is 1.05 bits per heavy atom. The van der Waals surface area contributed by atoms with Crippen LogP contribution in [0, 0.1) is 6.92 Å². The van der Waals surface area contributed by atoms with Gasteiger partial charge < -0.3 is 15.2 Å². The van der Waals surface area contributed by atoms with E-state index >= 15 is 0 Å². The average molecular weight is 567 g/mol. The Bertz CT molecular complexity index is 1320. The number of nitrogens with zero attached hydrogens (tertiary/aromatic N) is 2. The number of benzene rings is 2. The van der Waals surface area contributed by atoms with E-state index in [-0.39, 0.29) is 30.5 Å². The SMILES string of the molecule is CC[C@@H](C)c1ccc(N(C(=O)CCC(=O)Nc2cc(C)on2)[C@@H](C(=O)NC(C)(C)CC)c2ccccc2Cl)cc1. The summed E-state index contributed by atoms with van der Waals surface area (Å²) >= 11 is 6.61. The quantitative estimate of drug-likeness (QED) is 0.247. The third-order valence-corrected chi connectivity index (χ3v) is 7.48. The number of aromatic nitrogens is 1. The summed E-state index contributed by atoms with van der Waals surface area (Å²) in [6.45, 7) is 11.8. The summed E-state index contributed by atoms with van der Waals surface area (Å²) in [5, 5.41) is 9.86. The second-order valence-electron chi connectivity index (χ2n) is 10.7. The van der Waals surface area contributed by atoms with E-state index in [1.807, 2.05) is 45.0 Å². The number of aryl methyl sites for hydroxylation is 1. The van der Waals surface area contributed by atoms with Gasteiger partial charge in [-0.05, 0) is 63.3 Å². The predicted octanol–water partition coefficient (Wildman–Crippen LogP) is 6.95. The van der Waals surface area contributed by atoms with Crippen LogP contribution in [0.2, 0.25) is 5.02 Å². The highest BCUT2D eigenvalue weighted by molar-refractivity contribution is 6.31. The second-order valence-corrected chi connectivity index (χ2v) is 11.1. The number of hydrogen-bond acceptors (Lipinski definition) is 5. The molecule has 0 aliphatic rings. The molecule has 2 aromatic carbocycles. The van der Waals surface area contributed by atoms with E-state index in [1.165, 1.54) is 4.90 Å². The fraction of sp³-hybridized carbons (Fsp3) is 0.419. The van der Waals surface area contributed by atoms with Gasteiger partial charge in [-0.1, -0.05) is 67.9 Å². The zero-order valence-corrected chi connectivity index (χ0v) is 24.8. The monoisotopic (exact) mass is 566 g/mol. The van der Waals surface area contributed by atoms with Crippen molar-refractivity contribution in [2.45, 2.75) is 84.7 Å². The fourth-order valence-electron chi connectivity index (χ4n) is 4.19. The van der Waals surface area contributed by atoms with Gasteiger partial charge in [-0.3, -0.25) is 19.3 Å². The van der Waals surface area contributed by atoms with Gasteiger partial charge in [0, 0.05) is 40.7 Å². The van der Waals surface area contributed by atoms with Crippen LogP contribution in [0.5, 0.6) is 0 Å². The third-order valence-electron chi connectivity index (χ3n) is 7.13. The zero-order valence-electron chi connectivity index (χ0n) is 24.1. The van der Waals surface area contributed by atoms with Gasteiger partial charge in [0.05, 0.1) is 0 Å². The van der Waals surface area contributed by atoms with Gasteiger partial charge in [0.25, 0.3) is 0 Å². The van der Waals surface area contributed by atoms with Crippen molar-refractivity contribution in [2.24, 2.45) is 0 Å². The van der Waals surface area contributed by atoms with Crippen LogP contribution >= 0.6 is 11.6 Å². The van der Waals surface area contributed by atoms with Crippen LogP contribution in [0.1, 0.15) is 89.1 Å². The van der Waals surface area contributed by atoms with Gasteiger partial charge in [0.2, 0.25) is 17.7 Å². The topological polar surface area (TPSA) is 105 Å². The first-order valence-electron chi connectivity index (χ1n) is 13.7. The summed E-state index contributed by atoms with van der Waals surface area (Å²) in [5.41, 5.74) is 1.66. The van der Waals surface area contributed by atoms with Crippen LogP contribution in [0.15, 0.2) is 59.1 Å². The van der Waals surface area contributed by atoms with Crippen molar-refractivity contribution in [3.8, 4) is 0 Å². The number of hydrogen-bond donors (Lipinski definition) is 2. The van der Waals surface area contributed by atoms with Crippen molar-refractivity contribution in [2.75, 3.05) is 10.2 Å². The summed E-state index contributed by atoms with van der Waals surface area (Å²) in [4.78, 5) is 41.9. The molecule has 0 fully saturated rings. The molecule has 0 aliphatic heterocycles. The maximum absolute atomic E-state index is 13.9. The Labute approximate surface area is 241 Å². The van der Waals surface area contributed by atoms with E-state index in [2.05, 4.69) is 29.6 Å². The number of nitrogens with one attached hydrogen (secondary N) is 2. The number of halogens is 1. The highest BCUT2D eigenvalue weighted by Crippen LogP contribution is 2.34. The van der Waals surface area contributed by atoms with E-state index in [0.29, 0.717) is 34.4 Å². The predicted molar refractivity (Wildman–Crippen MR) is 158 cm³/mol. The minimum atomic E-state index is -1.05. The number of carbonyl (C=O) groups excluding carboxylic acids is 3. The molecule has 0 radical (unpaired) electrons. The van der Waals surface area contributed by atoms with E-state index < -0.39 is 17.5 Å². The smallest absolute Gasteiger partial charge is 0.248 e. The molecule has 0 spiro atoms. The van der Waals surface area contributed by atoms with Gasteiger partial charge in [0.1, 0.15) is 11.8 Å². The largest absolute Gasteiger partial charge is 0.360 e. The lowest BCUT2D eigenvalue weighted by Gasteiger charge is -2.35. The molecule has 8 nitrogen and oxygen atoms in total. The molecule has 1 aromatic heterocycles.